The van der Waals surface area contributed by atoms with Crippen LogP contribution in [0.25, 0.3) is 16.6 Å². The fourth-order valence-corrected chi connectivity index (χ4v) is 3.17. The van der Waals surface area contributed by atoms with E-state index in [2.05, 4.69) is 21.3 Å². The lowest BCUT2D eigenvalue weighted by Gasteiger charge is -2.05. The van der Waals surface area contributed by atoms with Crippen LogP contribution in [0.1, 0.15) is 11.6 Å². The average molecular weight is 340 g/mol. The summed E-state index contributed by atoms with van der Waals surface area (Å²) in [6, 6.07) is 9.67. The van der Waals surface area contributed by atoms with Crippen molar-refractivity contribution in [3.63, 3.8) is 0 Å². The molecule has 0 saturated carbocycles. The van der Waals surface area contributed by atoms with Crippen LogP contribution in [0.4, 0.5) is 0 Å². The molecule has 7 nitrogen and oxygen atoms in total. The van der Waals surface area contributed by atoms with Crippen LogP contribution in [0.3, 0.4) is 0 Å². The Balaban J connectivity index is 1.93. The summed E-state index contributed by atoms with van der Waals surface area (Å²) in [5.41, 5.74) is 1.86. The number of allylic oxidation sites excluding steroid dienone is 1. The lowest BCUT2D eigenvalue weighted by atomic mass is 10.2. The maximum Gasteiger partial charge on any atom is 0.191 e. The first kappa shape index (κ1) is 16.1. The van der Waals surface area contributed by atoms with Crippen LogP contribution < -0.4 is 0 Å². The number of hydrogen-bond acceptors (Lipinski definition) is 6. The fourth-order valence-electron chi connectivity index (χ4n) is 2.33. The van der Waals surface area contributed by atoms with Gasteiger partial charge in [0.15, 0.2) is 11.0 Å². The van der Waals surface area contributed by atoms with Gasteiger partial charge in [-0.15, -0.1) is 10.2 Å². The molecule has 0 unspecified atom stereocenters. The number of rotatable bonds is 4. The Hall–Kier alpha value is -2.79. The average Bonchev–Trinajstić information content (AvgIpc) is 3.08. The molecule has 2 aromatic heterocycles. The number of aromatic nitrogens is 5. The lowest BCUT2D eigenvalue weighted by molar-refractivity contribution is 0.420. The largest absolute Gasteiger partial charge is 0.510 e. The second kappa shape index (κ2) is 6.37. The molecule has 0 bridgehead atoms. The Kier molecular flexibility index (Phi) is 4.27. The van der Waals surface area contributed by atoms with E-state index in [4.69, 9.17) is 0 Å². The number of fused-ring (bicyclic) bond motifs is 1. The molecule has 0 radical (unpaired) electrons. The number of hydrogen-bond donors (Lipinski definition) is 1. The molecule has 0 aliphatic heterocycles. The maximum absolute atomic E-state index is 10.4. The van der Waals surface area contributed by atoms with Gasteiger partial charge in [-0.1, -0.05) is 23.9 Å². The summed E-state index contributed by atoms with van der Waals surface area (Å²) in [5, 5.41) is 28.6. The van der Waals surface area contributed by atoms with Crippen LogP contribution in [-0.2, 0) is 14.1 Å². The van der Waals surface area contributed by atoms with Gasteiger partial charge in [-0.05, 0) is 19.1 Å². The predicted molar refractivity (Wildman–Crippen MR) is 92.3 cm³/mol. The quantitative estimate of drug-likeness (QED) is 0.446. The van der Waals surface area contributed by atoms with Crippen molar-refractivity contribution >= 4 is 28.4 Å². The van der Waals surface area contributed by atoms with E-state index >= 15 is 0 Å². The molecule has 8 heteroatoms. The number of aliphatic hydroxyl groups is 1. The Bertz CT molecular complexity index is 978. The van der Waals surface area contributed by atoms with Crippen molar-refractivity contribution < 1.29 is 5.11 Å². The van der Waals surface area contributed by atoms with Crippen LogP contribution in [0.2, 0.25) is 0 Å². The van der Waals surface area contributed by atoms with Gasteiger partial charge < -0.3 is 14.2 Å². The van der Waals surface area contributed by atoms with Gasteiger partial charge in [0.2, 0.25) is 0 Å². The van der Waals surface area contributed by atoms with E-state index in [9.17, 15) is 10.4 Å². The molecule has 1 N–H and O–H groups in total. The van der Waals surface area contributed by atoms with Gasteiger partial charge in [0, 0.05) is 14.1 Å². The number of nitriles is 1. The zero-order valence-electron chi connectivity index (χ0n) is 13.6. The van der Waals surface area contributed by atoms with Gasteiger partial charge >= 0.3 is 0 Å². The van der Waals surface area contributed by atoms with E-state index in [-0.39, 0.29) is 17.1 Å². The third-order valence-corrected chi connectivity index (χ3v) is 4.83. The molecule has 3 rings (SSSR count). The van der Waals surface area contributed by atoms with Crippen molar-refractivity contribution in [2.24, 2.45) is 14.1 Å². The lowest BCUT2D eigenvalue weighted by Crippen LogP contribution is -2.01. The van der Waals surface area contributed by atoms with Gasteiger partial charge in [-0.25, -0.2) is 4.98 Å². The summed E-state index contributed by atoms with van der Waals surface area (Å²) < 4.78 is 3.64. The van der Waals surface area contributed by atoms with E-state index in [1.807, 2.05) is 49.9 Å². The number of benzene rings is 1. The summed E-state index contributed by atoms with van der Waals surface area (Å²) in [6.45, 7) is 1.85. The first-order valence-corrected chi connectivity index (χ1v) is 8.24. The highest BCUT2D eigenvalue weighted by Gasteiger charge is 2.17. The molecule has 122 valence electrons. The van der Waals surface area contributed by atoms with Gasteiger partial charge in [-0.3, -0.25) is 0 Å². The molecular formula is C16H16N6OS. The molecule has 2 heterocycles. The molecule has 0 aliphatic rings. The Morgan fingerprint density at radius 3 is 2.62 bits per heavy atom. The SMILES string of the molecule is Cc1nnc(SC/C(O)=C(\C#N)c2nc3ccccc3n2C)n1C. The number of nitrogens with zero attached hydrogens (tertiary/aromatic N) is 6. The monoisotopic (exact) mass is 340 g/mol. The highest BCUT2D eigenvalue weighted by Crippen LogP contribution is 2.25. The maximum atomic E-state index is 10.4. The first-order chi connectivity index (χ1) is 11.5. The van der Waals surface area contributed by atoms with E-state index in [0.29, 0.717) is 11.0 Å². The zero-order chi connectivity index (χ0) is 17.3. The standard InChI is InChI=1S/C16H16N6OS/c1-10-19-20-16(21(10)2)24-9-14(23)11(8-17)15-18-12-6-4-5-7-13(12)22(15)3/h4-7,23H,9H2,1-3H3/b14-11-. The summed E-state index contributed by atoms with van der Waals surface area (Å²) in [6.07, 6.45) is 0. The minimum absolute atomic E-state index is 0.0263. The third kappa shape index (κ3) is 2.74. The van der Waals surface area contributed by atoms with Crippen molar-refractivity contribution in [3.05, 3.63) is 41.7 Å². The predicted octanol–water partition coefficient (Wildman–Crippen LogP) is 2.60. The first-order valence-electron chi connectivity index (χ1n) is 7.25. The van der Waals surface area contributed by atoms with Crippen molar-refractivity contribution in [1.29, 1.82) is 5.26 Å². The Labute approximate surface area is 143 Å². The second-order valence-corrected chi connectivity index (χ2v) is 6.24. The van der Waals surface area contributed by atoms with Crippen LogP contribution in [0.15, 0.2) is 35.2 Å². The zero-order valence-corrected chi connectivity index (χ0v) is 14.4. The number of aliphatic hydroxyl groups excluding tert-OH is 1. The second-order valence-electron chi connectivity index (χ2n) is 5.29. The highest BCUT2D eigenvalue weighted by molar-refractivity contribution is 7.99. The summed E-state index contributed by atoms with van der Waals surface area (Å²) in [7, 11) is 3.68. The van der Waals surface area contributed by atoms with E-state index in [0.717, 1.165) is 16.9 Å². The van der Waals surface area contributed by atoms with Crippen molar-refractivity contribution in [2.75, 3.05) is 5.75 Å². The highest BCUT2D eigenvalue weighted by atomic mass is 32.2. The third-order valence-electron chi connectivity index (χ3n) is 3.80. The topological polar surface area (TPSA) is 92.6 Å². The van der Waals surface area contributed by atoms with Gasteiger partial charge in [0.1, 0.15) is 23.2 Å². The molecule has 24 heavy (non-hydrogen) atoms. The van der Waals surface area contributed by atoms with Gasteiger partial charge in [0.25, 0.3) is 0 Å². The van der Waals surface area contributed by atoms with Crippen molar-refractivity contribution in [1.82, 2.24) is 24.3 Å². The molecule has 0 spiro atoms. The summed E-state index contributed by atoms with van der Waals surface area (Å²) >= 11 is 1.32. The molecule has 0 amide bonds. The molecule has 3 aromatic rings. The fraction of sp³-hybridized carbons (Fsp3) is 0.250. The molecule has 0 atom stereocenters. The number of para-hydroxylation sites is 2. The minimum Gasteiger partial charge on any atom is -0.510 e. The van der Waals surface area contributed by atoms with Crippen LogP contribution in [0, 0.1) is 18.3 Å². The number of imidazole rings is 1. The molecule has 0 aliphatic carbocycles. The molecule has 1 aromatic carbocycles. The molecule has 0 saturated heterocycles. The van der Waals surface area contributed by atoms with Gasteiger partial charge in [0.05, 0.1) is 16.8 Å². The van der Waals surface area contributed by atoms with Crippen molar-refractivity contribution in [2.45, 2.75) is 12.1 Å². The number of thioether (sulfide) groups is 1. The van der Waals surface area contributed by atoms with Crippen LogP contribution >= 0.6 is 11.8 Å². The molecular weight excluding hydrogens is 324 g/mol. The van der Waals surface area contributed by atoms with Crippen LogP contribution in [-0.4, -0.2) is 35.2 Å². The number of aryl methyl sites for hydroxylation is 2. The van der Waals surface area contributed by atoms with Gasteiger partial charge in [-0.2, -0.15) is 5.26 Å². The van der Waals surface area contributed by atoms with E-state index in [1.165, 1.54) is 11.8 Å². The normalized spacial score (nSPS) is 12.2. The van der Waals surface area contributed by atoms with E-state index < -0.39 is 0 Å². The van der Waals surface area contributed by atoms with Crippen LogP contribution in [0.5, 0.6) is 0 Å². The Morgan fingerprint density at radius 2 is 2.00 bits per heavy atom. The van der Waals surface area contributed by atoms with E-state index in [1.54, 1.807) is 4.57 Å². The molecule has 0 fully saturated rings. The Morgan fingerprint density at radius 1 is 1.25 bits per heavy atom. The van der Waals surface area contributed by atoms with Crippen molar-refractivity contribution in [3.8, 4) is 6.07 Å². The summed E-state index contributed by atoms with van der Waals surface area (Å²) in [5.74, 6) is 1.43. The minimum atomic E-state index is -0.0263. The smallest absolute Gasteiger partial charge is 0.191 e. The summed E-state index contributed by atoms with van der Waals surface area (Å²) in [4.78, 5) is 4.46.